The molecule has 0 spiro atoms. The van der Waals surface area contributed by atoms with Crippen LogP contribution in [-0.2, 0) is 14.3 Å². The van der Waals surface area contributed by atoms with Crippen molar-refractivity contribution in [2.24, 2.45) is 34.6 Å². The number of fused-ring (bicyclic) bond motifs is 5. The number of allylic oxidation sites excluding steroid dienone is 2. The molecule has 2 saturated heterocycles. The Morgan fingerprint density at radius 3 is 2.56 bits per heavy atom. The van der Waals surface area contributed by atoms with Gasteiger partial charge in [-0.05, 0) is 24.7 Å². The van der Waals surface area contributed by atoms with Gasteiger partial charge in [0.2, 0.25) is 11.8 Å². The van der Waals surface area contributed by atoms with E-state index in [9.17, 15) is 9.59 Å². The Labute approximate surface area is 147 Å². The maximum absolute atomic E-state index is 12.6. The van der Waals surface area contributed by atoms with Gasteiger partial charge in [-0.25, -0.2) is 0 Å². The number of hydrogen-bond acceptors (Lipinski definition) is 4. The third kappa shape index (κ3) is 2.94. The lowest BCUT2D eigenvalue weighted by molar-refractivity contribution is -0.140. The van der Waals surface area contributed by atoms with Crippen LogP contribution in [-0.4, -0.2) is 62.6 Å². The van der Waals surface area contributed by atoms with E-state index in [4.69, 9.17) is 4.74 Å². The third-order valence-corrected chi connectivity index (χ3v) is 6.00. The van der Waals surface area contributed by atoms with Crippen molar-refractivity contribution in [2.45, 2.75) is 12.8 Å². The first-order valence-electron chi connectivity index (χ1n) is 9.25. The van der Waals surface area contributed by atoms with Crippen molar-refractivity contribution < 1.29 is 14.3 Å². The summed E-state index contributed by atoms with van der Waals surface area (Å²) in [6.45, 7) is 3.36. The zero-order valence-electron chi connectivity index (χ0n) is 14.6. The minimum Gasteiger partial charge on any atom is -0.381 e. The Morgan fingerprint density at radius 1 is 1.24 bits per heavy atom. The molecule has 2 aliphatic heterocycles. The lowest BCUT2D eigenvalue weighted by Crippen LogP contribution is -2.44. The van der Waals surface area contributed by atoms with Gasteiger partial charge >= 0.3 is 0 Å². The van der Waals surface area contributed by atoms with Crippen molar-refractivity contribution in [1.82, 2.24) is 15.5 Å². The number of guanidine groups is 1. The van der Waals surface area contributed by atoms with E-state index in [0.717, 1.165) is 32.6 Å². The molecule has 0 aromatic rings. The van der Waals surface area contributed by atoms with Gasteiger partial charge < -0.3 is 15.4 Å². The number of ether oxygens (including phenoxy) is 1. The third-order valence-electron chi connectivity index (χ3n) is 6.00. The Balaban J connectivity index is 1.25. The van der Waals surface area contributed by atoms with E-state index < -0.39 is 0 Å². The summed E-state index contributed by atoms with van der Waals surface area (Å²) in [5.74, 6) is 1.57. The smallest absolute Gasteiger partial charge is 0.233 e. The number of carbonyl (C=O) groups excluding carboxylic acids is 2. The molecule has 4 aliphatic rings. The lowest BCUT2D eigenvalue weighted by Gasteiger charge is -2.19. The number of imide groups is 1. The molecule has 0 aromatic carbocycles. The van der Waals surface area contributed by atoms with Crippen LogP contribution in [0, 0.1) is 29.6 Å². The number of hydrogen-bond donors (Lipinski definition) is 2. The molecule has 2 bridgehead atoms. The van der Waals surface area contributed by atoms with Crippen LogP contribution < -0.4 is 10.6 Å². The number of rotatable bonds is 5. The fraction of sp³-hybridized carbons (Fsp3) is 0.722. The highest BCUT2D eigenvalue weighted by Gasteiger charge is 2.58. The van der Waals surface area contributed by atoms with Gasteiger partial charge in [0, 0.05) is 39.2 Å². The van der Waals surface area contributed by atoms with Gasteiger partial charge in [0.15, 0.2) is 5.96 Å². The highest BCUT2D eigenvalue weighted by atomic mass is 16.5. The second kappa shape index (κ2) is 6.78. The van der Waals surface area contributed by atoms with Gasteiger partial charge in [0.05, 0.1) is 18.4 Å². The molecule has 0 radical (unpaired) electrons. The van der Waals surface area contributed by atoms with Crippen molar-refractivity contribution in [3.05, 3.63) is 12.2 Å². The molecule has 3 fully saturated rings. The SMILES string of the molecule is CN=C(NCCN1C(=O)C2C3C=CC(C3)C2C1=O)NCC1CCOC1. The minimum absolute atomic E-state index is 0.0136. The van der Waals surface area contributed by atoms with Crippen LogP contribution in [0.25, 0.3) is 0 Å². The summed E-state index contributed by atoms with van der Waals surface area (Å²) >= 11 is 0. The number of nitrogens with one attached hydrogen (secondary N) is 2. The molecule has 5 unspecified atom stereocenters. The van der Waals surface area contributed by atoms with Crippen LogP contribution in [0.4, 0.5) is 0 Å². The molecule has 2 heterocycles. The van der Waals surface area contributed by atoms with Crippen molar-refractivity contribution in [3.8, 4) is 0 Å². The molecule has 1 saturated carbocycles. The van der Waals surface area contributed by atoms with E-state index in [1.807, 2.05) is 0 Å². The monoisotopic (exact) mass is 346 g/mol. The average Bonchev–Trinajstić information content (AvgIpc) is 3.38. The largest absolute Gasteiger partial charge is 0.381 e. The van der Waals surface area contributed by atoms with Crippen molar-refractivity contribution >= 4 is 17.8 Å². The van der Waals surface area contributed by atoms with E-state index in [2.05, 4.69) is 27.8 Å². The van der Waals surface area contributed by atoms with Gasteiger partial charge in [-0.15, -0.1) is 0 Å². The van der Waals surface area contributed by atoms with Crippen LogP contribution in [0.15, 0.2) is 17.1 Å². The maximum Gasteiger partial charge on any atom is 0.233 e. The number of amides is 2. The van der Waals surface area contributed by atoms with Crippen LogP contribution >= 0.6 is 0 Å². The molecule has 2 amide bonds. The molecule has 2 N–H and O–H groups in total. The van der Waals surface area contributed by atoms with E-state index in [1.54, 1.807) is 7.05 Å². The van der Waals surface area contributed by atoms with Crippen molar-refractivity contribution in [1.29, 1.82) is 0 Å². The van der Waals surface area contributed by atoms with Crippen molar-refractivity contribution in [2.75, 3.05) is 39.9 Å². The highest BCUT2D eigenvalue weighted by Crippen LogP contribution is 2.52. The summed E-state index contributed by atoms with van der Waals surface area (Å²) < 4.78 is 5.37. The first-order chi connectivity index (χ1) is 12.2. The Morgan fingerprint density at radius 2 is 1.96 bits per heavy atom. The first-order valence-corrected chi connectivity index (χ1v) is 9.25. The summed E-state index contributed by atoms with van der Waals surface area (Å²) in [5.41, 5.74) is 0. The molecular weight excluding hydrogens is 320 g/mol. The molecule has 4 rings (SSSR count). The maximum atomic E-state index is 12.6. The van der Waals surface area contributed by atoms with E-state index in [-0.39, 0.29) is 35.5 Å². The van der Waals surface area contributed by atoms with Gasteiger partial charge in [0.25, 0.3) is 0 Å². The number of likely N-dealkylation sites (tertiary alicyclic amines) is 1. The van der Waals surface area contributed by atoms with Crippen LogP contribution in [0.5, 0.6) is 0 Å². The number of carbonyl (C=O) groups is 2. The second-order valence-electron chi connectivity index (χ2n) is 7.44. The summed E-state index contributed by atoms with van der Waals surface area (Å²) in [4.78, 5) is 30.9. The fourth-order valence-corrected chi connectivity index (χ4v) is 4.68. The van der Waals surface area contributed by atoms with Crippen LogP contribution in [0.1, 0.15) is 12.8 Å². The summed E-state index contributed by atoms with van der Waals surface area (Å²) in [6.07, 6.45) is 6.29. The summed E-state index contributed by atoms with van der Waals surface area (Å²) in [7, 11) is 1.72. The molecule has 7 heteroatoms. The lowest BCUT2D eigenvalue weighted by atomic mass is 9.85. The van der Waals surface area contributed by atoms with Gasteiger partial charge in [-0.2, -0.15) is 0 Å². The second-order valence-corrected chi connectivity index (χ2v) is 7.44. The average molecular weight is 346 g/mol. The zero-order valence-corrected chi connectivity index (χ0v) is 14.6. The van der Waals surface area contributed by atoms with Gasteiger partial charge in [-0.1, -0.05) is 12.2 Å². The van der Waals surface area contributed by atoms with Crippen LogP contribution in [0.3, 0.4) is 0 Å². The van der Waals surface area contributed by atoms with E-state index in [0.29, 0.717) is 25.0 Å². The molecule has 0 aromatic heterocycles. The van der Waals surface area contributed by atoms with Crippen LogP contribution in [0.2, 0.25) is 0 Å². The quantitative estimate of drug-likeness (QED) is 0.317. The predicted octanol–water partition coefficient (Wildman–Crippen LogP) is -0.00500. The molecule has 5 atom stereocenters. The normalized spacial score (nSPS) is 36.4. The topological polar surface area (TPSA) is 83.0 Å². The molecule has 25 heavy (non-hydrogen) atoms. The number of nitrogens with zero attached hydrogens (tertiary/aromatic N) is 2. The number of aliphatic imine (C=N–C) groups is 1. The summed E-state index contributed by atoms with van der Waals surface area (Å²) in [5, 5.41) is 6.49. The van der Waals surface area contributed by atoms with Gasteiger partial charge in [0.1, 0.15) is 0 Å². The zero-order chi connectivity index (χ0) is 17.4. The highest BCUT2D eigenvalue weighted by molar-refractivity contribution is 6.06. The van der Waals surface area contributed by atoms with E-state index >= 15 is 0 Å². The molecule has 136 valence electrons. The van der Waals surface area contributed by atoms with E-state index in [1.165, 1.54) is 4.90 Å². The fourth-order valence-electron chi connectivity index (χ4n) is 4.68. The molecule has 2 aliphatic carbocycles. The Bertz CT molecular complexity index is 581. The Kier molecular flexibility index (Phi) is 4.50. The van der Waals surface area contributed by atoms with Gasteiger partial charge in [-0.3, -0.25) is 19.5 Å². The molecular formula is C18H26N4O3. The summed E-state index contributed by atoms with van der Waals surface area (Å²) in [6, 6.07) is 0. The Hall–Kier alpha value is -1.89. The molecule has 7 nitrogen and oxygen atoms in total. The van der Waals surface area contributed by atoms with Crippen molar-refractivity contribution in [3.63, 3.8) is 0 Å². The first kappa shape index (κ1) is 16.6. The standard InChI is InChI=1S/C18H26N4O3/c1-19-18(21-9-11-4-7-25-10-11)20-5-6-22-16(23)14-12-2-3-13(8-12)15(14)17(22)24/h2-3,11-15H,4-10H2,1H3,(H2,19,20,21). The predicted molar refractivity (Wildman–Crippen MR) is 92.7 cm³/mol. The minimum atomic E-state index is -0.109.